The second-order valence-corrected chi connectivity index (χ2v) is 4.33. The van der Waals surface area contributed by atoms with E-state index in [1.807, 2.05) is 32.0 Å². The fraction of sp³-hybridized carbons (Fsp3) is 0.231. The zero-order chi connectivity index (χ0) is 13.3. The zero-order valence-electron chi connectivity index (χ0n) is 10.7. The van der Waals surface area contributed by atoms with Crippen LogP contribution in [-0.4, -0.2) is 16.1 Å². The number of para-hydroxylation sites is 1. The van der Waals surface area contributed by atoms with Gasteiger partial charge in [0.05, 0.1) is 11.4 Å². The van der Waals surface area contributed by atoms with Crippen LogP contribution in [0.3, 0.4) is 0 Å². The predicted molar refractivity (Wildman–Crippen MR) is 71.6 cm³/mol. The van der Waals surface area contributed by atoms with Crippen LogP contribution in [0.2, 0.25) is 0 Å². The molecule has 1 aromatic heterocycles. The molecular weight excluding hydrogens is 228 g/mol. The molecule has 1 heterocycles. The van der Waals surface area contributed by atoms with E-state index in [0.29, 0.717) is 11.4 Å². The summed E-state index contributed by atoms with van der Waals surface area (Å²) in [5.74, 6) is -0.297. The summed E-state index contributed by atoms with van der Waals surface area (Å²) < 4.78 is 0. The zero-order valence-corrected chi connectivity index (χ0v) is 10.7. The third kappa shape index (κ3) is 2.07. The lowest BCUT2D eigenvalue weighted by molar-refractivity contribution is 0.102. The van der Waals surface area contributed by atoms with Crippen LogP contribution in [0.5, 0.6) is 0 Å². The third-order valence-electron chi connectivity index (χ3n) is 2.93. The summed E-state index contributed by atoms with van der Waals surface area (Å²) in [6, 6.07) is 5.84. The van der Waals surface area contributed by atoms with Gasteiger partial charge in [0.2, 0.25) is 0 Å². The smallest absolute Gasteiger partial charge is 0.278 e. The van der Waals surface area contributed by atoms with Crippen molar-refractivity contribution in [3.05, 3.63) is 40.7 Å². The first-order chi connectivity index (χ1) is 8.50. The molecule has 0 unspecified atom stereocenters. The largest absolute Gasteiger partial charge is 0.395 e. The first kappa shape index (κ1) is 12.2. The Labute approximate surface area is 105 Å². The number of nitrogen functional groups attached to an aromatic ring is 1. The fourth-order valence-electron chi connectivity index (χ4n) is 1.80. The fourth-order valence-corrected chi connectivity index (χ4v) is 1.80. The topological polar surface area (TPSA) is 83.8 Å². The lowest BCUT2D eigenvalue weighted by atomic mass is 10.1. The van der Waals surface area contributed by atoms with Crippen molar-refractivity contribution in [2.45, 2.75) is 20.8 Å². The number of hydrogen-bond donors (Lipinski definition) is 3. The van der Waals surface area contributed by atoms with Gasteiger partial charge < -0.3 is 11.1 Å². The van der Waals surface area contributed by atoms with Gasteiger partial charge in [-0.2, -0.15) is 5.10 Å². The van der Waals surface area contributed by atoms with Crippen molar-refractivity contribution in [2.75, 3.05) is 11.1 Å². The van der Waals surface area contributed by atoms with Gasteiger partial charge >= 0.3 is 0 Å². The third-order valence-corrected chi connectivity index (χ3v) is 2.93. The Hall–Kier alpha value is -2.30. The highest BCUT2D eigenvalue weighted by Gasteiger charge is 2.16. The van der Waals surface area contributed by atoms with E-state index in [1.54, 1.807) is 6.92 Å². The van der Waals surface area contributed by atoms with E-state index in [4.69, 9.17) is 5.73 Å². The number of hydrogen-bond acceptors (Lipinski definition) is 3. The van der Waals surface area contributed by atoms with Gasteiger partial charge in [0.25, 0.3) is 5.91 Å². The average molecular weight is 244 g/mol. The van der Waals surface area contributed by atoms with E-state index in [9.17, 15) is 4.79 Å². The average Bonchev–Trinajstić information content (AvgIpc) is 2.65. The van der Waals surface area contributed by atoms with Crippen molar-refractivity contribution in [1.29, 1.82) is 0 Å². The number of nitrogens with zero attached hydrogens (tertiary/aromatic N) is 1. The predicted octanol–water partition coefficient (Wildman–Crippen LogP) is 2.17. The number of carbonyl (C=O) groups excluding carboxylic acids is 1. The number of H-pyrrole nitrogens is 1. The van der Waals surface area contributed by atoms with Gasteiger partial charge in [-0.1, -0.05) is 18.2 Å². The molecule has 94 valence electrons. The second kappa shape index (κ2) is 4.52. The molecule has 1 aromatic carbocycles. The molecule has 0 saturated carbocycles. The minimum Gasteiger partial charge on any atom is -0.395 e. The summed E-state index contributed by atoms with van der Waals surface area (Å²) in [5, 5.41) is 9.45. The molecular formula is C13H16N4O. The number of aromatic amines is 1. The normalized spacial score (nSPS) is 10.4. The number of nitrogens with one attached hydrogen (secondary N) is 2. The summed E-state index contributed by atoms with van der Waals surface area (Å²) in [7, 11) is 0. The number of aromatic nitrogens is 2. The quantitative estimate of drug-likeness (QED) is 0.757. The van der Waals surface area contributed by atoms with Crippen molar-refractivity contribution in [3.63, 3.8) is 0 Å². The van der Waals surface area contributed by atoms with Crippen LogP contribution in [0.4, 0.5) is 11.4 Å². The van der Waals surface area contributed by atoms with Crippen molar-refractivity contribution < 1.29 is 4.79 Å². The Morgan fingerprint density at radius 1 is 1.28 bits per heavy atom. The first-order valence-electron chi connectivity index (χ1n) is 5.68. The Morgan fingerprint density at radius 3 is 2.39 bits per heavy atom. The standard InChI is InChI=1S/C13H16N4O/c1-7-5-4-6-8(2)11(7)15-13(18)12-10(14)9(3)16-17-12/h4-6H,14H2,1-3H3,(H,15,18)(H,16,17). The number of carbonyl (C=O) groups is 1. The molecule has 0 spiro atoms. The van der Waals surface area contributed by atoms with Gasteiger partial charge in [-0.15, -0.1) is 0 Å². The first-order valence-corrected chi connectivity index (χ1v) is 5.68. The maximum atomic E-state index is 12.1. The van der Waals surface area contributed by atoms with Gasteiger partial charge in [-0.25, -0.2) is 0 Å². The lowest BCUT2D eigenvalue weighted by Crippen LogP contribution is -2.15. The van der Waals surface area contributed by atoms with Crippen LogP contribution in [0.1, 0.15) is 27.3 Å². The Bertz CT molecular complexity index is 581. The van der Waals surface area contributed by atoms with E-state index in [0.717, 1.165) is 16.8 Å². The molecule has 0 aliphatic rings. The van der Waals surface area contributed by atoms with Crippen LogP contribution in [0.25, 0.3) is 0 Å². The summed E-state index contributed by atoms with van der Waals surface area (Å²) in [4.78, 5) is 12.1. The number of rotatable bonds is 2. The van der Waals surface area contributed by atoms with Crippen LogP contribution in [-0.2, 0) is 0 Å². The van der Waals surface area contributed by atoms with E-state index < -0.39 is 0 Å². The van der Waals surface area contributed by atoms with Crippen molar-refractivity contribution in [1.82, 2.24) is 10.2 Å². The molecule has 4 N–H and O–H groups in total. The molecule has 0 aliphatic heterocycles. The van der Waals surface area contributed by atoms with Crippen LogP contribution >= 0.6 is 0 Å². The lowest BCUT2D eigenvalue weighted by Gasteiger charge is -2.10. The molecule has 5 nitrogen and oxygen atoms in total. The van der Waals surface area contributed by atoms with Crippen molar-refractivity contribution in [2.24, 2.45) is 0 Å². The number of aryl methyl sites for hydroxylation is 3. The minimum absolute atomic E-state index is 0.232. The van der Waals surface area contributed by atoms with E-state index in [2.05, 4.69) is 15.5 Å². The summed E-state index contributed by atoms with van der Waals surface area (Å²) in [5.41, 5.74) is 9.92. The number of anilines is 2. The monoisotopic (exact) mass is 244 g/mol. The highest BCUT2D eigenvalue weighted by molar-refractivity contribution is 6.07. The number of nitrogens with two attached hydrogens (primary N) is 1. The van der Waals surface area contributed by atoms with Gasteiger partial charge in [0, 0.05) is 5.69 Å². The molecule has 1 amide bonds. The molecule has 0 aliphatic carbocycles. The second-order valence-electron chi connectivity index (χ2n) is 4.33. The van der Waals surface area contributed by atoms with E-state index >= 15 is 0 Å². The SMILES string of the molecule is Cc1cccc(C)c1NC(=O)c1n[nH]c(C)c1N. The molecule has 0 atom stereocenters. The Balaban J connectivity index is 2.30. The molecule has 0 fully saturated rings. The van der Waals surface area contributed by atoms with Crippen molar-refractivity contribution >= 4 is 17.3 Å². The van der Waals surface area contributed by atoms with Crippen LogP contribution in [0.15, 0.2) is 18.2 Å². The molecule has 0 radical (unpaired) electrons. The summed E-state index contributed by atoms with van der Waals surface area (Å²) in [6.45, 7) is 5.67. The van der Waals surface area contributed by atoms with Gasteiger partial charge in [0.1, 0.15) is 0 Å². The highest BCUT2D eigenvalue weighted by Crippen LogP contribution is 2.21. The van der Waals surface area contributed by atoms with E-state index in [-0.39, 0.29) is 11.6 Å². The van der Waals surface area contributed by atoms with Gasteiger partial charge in [-0.3, -0.25) is 9.89 Å². The Kier molecular flexibility index (Phi) is 3.06. The van der Waals surface area contributed by atoms with Crippen LogP contribution < -0.4 is 11.1 Å². The molecule has 5 heteroatoms. The van der Waals surface area contributed by atoms with E-state index in [1.165, 1.54) is 0 Å². The molecule has 0 saturated heterocycles. The number of amides is 1. The highest BCUT2D eigenvalue weighted by atomic mass is 16.2. The van der Waals surface area contributed by atoms with Crippen LogP contribution in [0, 0.1) is 20.8 Å². The molecule has 18 heavy (non-hydrogen) atoms. The maximum Gasteiger partial charge on any atom is 0.278 e. The van der Waals surface area contributed by atoms with Gasteiger partial charge in [-0.05, 0) is 31.9 Å². The summed E-state index contributed by atoms with van der Waals surface area (Å²) >= 11 is 0. The molecule has 2 aromatic rings. The number of benzene rings is 1. The Morgan fingerprint density at radius 2 is 1.89 bits per heavy atom. The molecule has 2 rings (SSSR count). The summed E-state index contributed by atoms with van der Waals surface area (Å²) in [6.07, 6.45) is 0. The minimum atomic E-state index is -0.297. The van der Waals surface area contributed by atoms with Gasteiger partial charge in [0.15, 0.2) is 5.69 Å². The molecule has 0 bridgehead atoms. The maximum absolute atomic E-state index is 12.1. The van der Waals surface area contributed by atoms with Crippen molar-refractivity contribution in [3.8, 4) is 0 Å².